The first kappa shape index (κ1) is 21.6. The quantitative estimate of drug-likeness (QED) is 0.553. The zero-order chi connectivity index (χ0) is 20.5. The Hall–Kier alpha value is -1.72. The maximum Gasteiger partial charge on any atom is 0.418 e. The normalized spacial score (nSPS) is 15.9. The van der Waals surface area contributed by atoms with Crippen molar-refractivity contribution in [1.82, 2.24) is 0 Å². The van der Waals surface area contributed by atoms with E-state index < -0.39 is 28.9 Å². The van der Waals surface area contributed by atoms with Gasteiger partial charge in [-0.15, -0.1) is 0 Å². The first-order valence-corrected chi connectivity index (χ1v) is 9.20. The lowest BCUT2D eigenvalue weighted by molar-refractivity contribution is -0.267. The highest BCUT2D eigenvalue weighted by Gasteiger charge is 2.59. The van der Waals surface area contributed by atoms with E-state index in [0.29, 0.717) is 11.1 Å². The van der Waals surface area contributed by atoms with Crippen LogP contribution in [-0.2, 0) is 5.41 Å². The summed E-state index contributed by atoms with van der Waals surface area (Å²) >= 11 is 4.21. The van der Waals surface area contributed by atoms with Crippen molar-refractivity contribution in [3.63, 3.8) is 0 Å². The molecule has 0 saturated carbocycles. The highest BCUT2D eigenvalue weighted by Crippen LogP contribution is 2.50. The average Bonchev–Trinajstić information content (AvgIpc) is 2.60. The van der Waals surface area contributed by atoms with E-state index in [1.807, 2.05) is 6.92 Å². The van der Waals surface area contributed by atoms with Crippen LogP contribution in [0.4, 0.5) is 13.2 Å². The molecule has 0 heterocycles. The molecule has 1 nitrogen and oxygen atoms in total. The molecule has 0 aromatic heterocycles. The van der Waals surface area contributed by atoms with E-state index in [4.69, 9.17) is 0 Å². The first-order chi connectivity index (χ1) is 12.4. The van der Waals surface area contributed by atoms with E-state index in [1.54, 1.807) is 68.5 Å². The Morgan fingerprint density at radius 2 is 1.63 bits per heavy atom. The Bertz CT molecular complexity index is 796. The van der Waals surface area contributed by atoms with Gasteiger partial charge >= 0.3 is 6.18 Å². The van der Waals surface area contributed by atoms with Crippen molar-refractivity contribution in [3.05, 3.63) is 77.4 Å². The molecule has 0 saturated heterocycles. The number of aryl methyl sites for hydroxylation is 1. The summed E-state index contributed by atoms with van der Waals surface area (Å²) in [5.41, 5.74) is -1.25. The highest BCUT2D eigenvalue weighted by molar-refractivity contribution is 7.80. The van der Waals surface area contributed by atoms with Gasteiger partial charge in [-0.1, -0.05) is 80.6 Å². The molecule has 5 heteroatoms. The molecule has 0 spiro atoms. The lowest BCUT2D eigenvalue weighted by Crippen LogP contribution is -2.52. The Labute approximate surface area is 164 Å². The van der Waals surface area contributed by atoms with Crippen LogP contribution in [0.5, 0.6) is 0 Å². The van der Waals surface area contributed by atoms with Crippen LogP contribution in [0.15, 0.2) is 55.1 Å². The van der Waals surface area contributed by atoms with Crippen LogP contribution < -0.4 is 0 Å². The summed E-state index contributed by atoms with van der Waals surface area (Å²) in [5.74, 6) is 0. The summed E-state index contributed by atoms with van der Waals surface area (Å²) in [4.78, 5) is 0. The molecule has 0 bridgehead atoms. The van der Waals surface area contributed by atoms with Gasteiger partial charge in [-0.25, -0.2) is 0 Å². The number of hydrogen-bond acceptors (Lipinski definition) is 2. The number of benzene rings is 2. The Balaban J connectivity index is 2.50. The van der Waals surface area contributed by atoms with Gasteiger partial charge in [0, 0.05) is 0 Å². The van der Waals surface area contributed by atoms with Crippen molar-refractivity contribution in [3.8, 4) is 0 Å². The van der Waals surface area contributed by atoms with E-state index in [9.17, 15) is 18.3 Å². The summed E-state index contributed by atoms with van der Waals surface area (Å²) in [7, 11) is 0. The smallest absolute Gasteiger partial charge is 0.379 e. The number of aliphatic hydroxyl groups is 1. The van der Waals surface area contributed by atoms with Gasteiger partial charge < -0.3 is 5.11 Å². The van der Waals surface area contributed by atoms with Crippen molar-refractivity contribution in [2.45, 2.75) is 49.6 Å². The van der Waals surface area contributed by atoms with E-state index in [2.05, 4.69) is 19.2 Å². The molecular weight excluding hydrogens is 369 g/mol. The van der Waals surface area contributed by atoms with Gasteiger partial charge in [-0.2, -0.15) is 25.8 Å². The maximum atomic E-state index is 14.0. The van der Waals surface area contributed by atoms with E-state index >= 15 is 0 Å². The van der Waals surface area contributed by atoms with Gasteiger partial charge in [0.15, 0.2) is 5.60 Å². The van der Waals surface area contributed by atoms with Gasteiger partial charge in [-0.05, 0) is 35.4 Å². The van der Waals surface area contributed by atoms with Gasteiger partial charge in [0.05, 0.1) is 5.25 Å². The van der Waals surface area contributed by atoms with Gasteiger partial charge in [0.25, 0.3) is 0 Å². The minimum absolute atomic E-state index is 0.330. The molecule has 27 heavy (non-hydrogen) atoms. The summed E-state index contributed by atoms with van der Waals surface area (Å²) in [6.45, 7) is 8.98. The molecule has 2 aromatic carbocycles. The molecule has 1 unspecified atom stereocenters. The SMILES string of the molecule is C=Cc1ccccc1C(C)(C)C[C@@](O)(C(S)c1ccc(C)cc1)C(F)(F)F. The molecule has 0 aliphatic rings. The van der Waals surface area contributed by atoms with Crippen molar-refractivity contribution >= 4 is 18.7 Å². The number of halogens is 3. The van der Waals surface area contributed by atoms with Crippen LogP contribution in [0.2, 0.25) is 0 Å². The summed E-state index contributed by atoms with van der Waals surface area (Å²) < 4.78 is 42.1. The average molecular weight is 395 g/mol. The molecule has 2 rings (SSSR count). The molecule has 0 fully saturated rings. The first-order valence-electron chi connectivity index (χ1n) is 8.68. The third kappa shape index (κ3) is 4.41. The fraction of sp³-hybridized carbons (Fsp3) is 0.364. The van der Waals surface area contributed by atoms with Gasteiger partial charge in [0.1, 0.15) is 0 Å². The van der Waals surface area contributed by atoms with Gasteiger partial charge in [-0.3, -0.25) is 0 Å². The lowest BCUT2D eigenvalue weighted by atomic mass is 9.71. The maximum absolute atomic E-state index is 14.0. The second-order valence-corrected chi connectivity index (χ2v) is 8.10. The number of rotatable bonds is 6. The molecule has 2 aromatic rings. The van der Waals surface area contributed by atoms with Crippen LogP contribution in [0, 0.1) is 6.92 Å². The van der Waals surface area contributed by atoms with Crippen molar-refractivity contribution < 1.29 is 18.3 Å². The Morgan fingerprint density at radius 1 is 1.07 bits per heavy atom. The van der Waals surface area contributed by atoms with Crippen LogP contribution >= 0.6 is 12.6 Å². The largest absolute Gasteiger partial charge is 0.418 e. The zero-order valence-corrected chi connectivity index (χ0v) is 16.6. The van der Waals surface area contributed by atoms with E-state index in [0.717, 1.165) is 11.1 Å². The third-order valence-corrected chi connectivity index (χ3v) is 5.68. The van der Waals surface area contributed by atoms with E-state index in [-0.39, 0.29) is 0 Å². The number of hydrogen-bond donors (Lipinski definition) is 2. The molecular formula is C22H25F3OS. The molecule has 2 atom stereocenters. The topological polar surface area (TPSA) is 20.2 Å². The molecule has 0 radical (unpaired) electrons. The second-order valence-electron chi connectivity index (χ2n) is 7.59. The van der Waals surface area contributed by atoms with Crippen molar-refractivity contribution in [1.29, 1.82) is 0 Å². The third-order valence-electron chi connectivity index (χ3n) is 4.96. The Morgan fingerprint density at radius 3 is 2.15 bits per heavy atom. The zero-order valence-electron chi connectivity index (χ0n) is 15.7. The van der Waals surface area contributed by atoms with Crippen LogP contribution in [-0.4, -0.2) is 16.9 Å². The molecule has 1 N–H and O–H groups in total. The van der Waals surface area contributed by atoms with Crippen molar-refractivity contribution in [2.75, 3.05) is 0 Å². The minimum atomic E-state index is -4.84. The molecule has 0 amide bonds. The number of thiol groups is 1. The van der Waals surface area contributed by atoms with Crippen LogP contribution in [0.25, 0.3) is 6.08 Å². The monoisotopic (exact) mass is 394 g/mol. The van der Waals surface area contributed by atoms with Gasteiger partial charge in [0.2, 0.25) is 0 Å². The fourth-order valence-corrected chi connectivity index (χ4v) is 3.85. The molecule has 0 aliphatic heterocycles. The predicted molar refractivity (Wildman–Crippen MR) is 108 cm³/mol. The second kappa shape index (κ2) is 7.72. The van der Waals surface area contributed by atoms with Crippen LogP contribution in [0.1, 0.15) is 47.8 Å². The standard InChI is InChI=1S/C22H25F3OS/c1-5-16-8-6-7-9-18(16)20(3,4)14-21(26,22(23,24)25)19(27)17-12-10-15(2)11-13-17/h5-13,19,26-27H,1,14H2,2-4H3/t19?,21-/m1/s1. The predicted octanol–water partition coefficient (Wildman–Crippen LogP) is 6.27. The summed E-state index contributed by atoms with van der Waals surface area (Å²) in [5, 5.41) is 9.46. The lowest BCUT2D eigenvalue weighted by Gasteiger charge is -2.41. The Kier molecular flexibility index (Phi) is 6.17. The molecule has 0 aliphatic carbocycles. The summed E-state index contributed by atoms with van der Waals surface area (Å²) in [6, 6.07) is 13.7. The highest BCUT2D eigenvalue weighted by atomic mass is 32.1. The minimum Gasteiger partial charge on any atom is -0.379 e. The number of alkyl halides is 3. The van der Waals surface area contributed by atoms with Crippen molar-refractivity contribution in [2.24, 2.45) is 0 Å². The summed E-state index contributed by atoms with van der Waals surface area (Å²) in [6.07, 6.45) is -3.76. The molecule has 146 valence electrons. The van der Waals surface area contributed by atoms with Crippen LogP contribution in [0.3, 0.4) is 0 Å². The van der Waals surface area contributed by atoms with E-state index in [1.165, 1.54) is 0 Å². The fourth-order valence-electron chi connectivity index (χ4n) is 3.44.